The van der Waals surface area contributed by atoms with Crippen LogP contribution in [0.25, 0.3) is 0 Å². The van der Waals surface area contributed by atoms with Crippen LogP contribution in [0.1, 0.15) is 70.8 Å². The molecule has 1 aromatic carbocycles. The number of carbonyl (C=O) groups is 2. The number of ether oxygens (including phenoxy) is 3. The number of nitrogens with zero attached hydrogens (tertiary/aromatic N) is 2. The molecular formula is C28H27N3O5S. The topological polar surface area (TPSA) is 115 Å². The summed E-state index contributed by atoms with van der Waals surface area (Å²) >= 11 is 1.53. The van der Waals surface area contributed by atoms with E-state index in [0.717, 1.165) is 53.8 Å². The molecule has 0 unspecified atom stereocenters. The molecule has 6 rings (SSSR count). The maximum absolute atomic E-state index is 13.5. The van der Waals surface area contributed by atoms with Gasteiger partial charge < -0.3 is 19.9 Å². The van der Waals surface area contributed by atoms with Gasteiger partial charge in [-0.2, -0.15) is 5.26 Å². The van der Waals surface area contributed by atoms with E-state index in [9.17, 15) is 14.9 Å². The van der Waals surface area contributed by atoms with E-state index < -0.39 is 11.9 Å². The first kappa shape index (κ1) is 23.6. The number of esters is 1. The fraction of sp³-hybridized carbons (Fsp3) is 0.393. The van der Waals surface area contributed by atoms with Crippen LogP contribution in [0.3, 0.4) is 0 Å². The molecule has 2 aliphatic carbocycles. The van der Waals surface area contributed by atoms with Crippen LogP contribution < -0.4 is 20.1 Å². The first-order valence-electron chi connectivity index (χ1n) is 12.6. The maximum Gasteiger partial charge on any atom is 0.341 e. The van der Waals surface area contributed by atoms with E-state index in [1.165, 1.54) is 18.4 Å². The third-order valence-electron chi connectivity index (χ3n) is 7.64. The number of thiophene rings is 1. The number of aryl methyl sites for hydroxylation is 1. The van der Waals surface area contributed by atoms with Gasteiger partial charge >= 0.3 is 5.97 Å². The minimum Gasteiger partial charge on any atom is -0.465 e. The zero-order chi connectivity index (χ0) is 25.7. The fourth-order valence-electron chi connectivity index (χ4n) is 5.94. The van der Waals surface area contributed by atoms with Crippen LogP contribution in [0.5, 0.6) is 11.5 Å². The molecule has 4 aliphatic rings. The second kappa shape index (κ2) is 9.27. The van der Waals surface area contributed by atoms with Gasteiger partial charge in [0.2, 0.25) is 6.79 Å². The summed E-state index contributed by atoms with van der Waals surface area (Å²) < 4.78 is 16.3. The van der Waals surface area contributed by atoms with Crippen molar-refractivity contribution >= 4 is 28.1 Å². The Balaban J connectivity index is 1.57. The second-order valence-electron chi connectivity index (χ2n) is 9.67. The summed E-state index contributed by atoms with van der Waals surface area (Å²) in [6, 6.07) is 7.79. The Morgan fingerprint density at radius 2 is 1.95 bits per heavy atom. The molecule has 190 valence electrons. The fourth-order valence-corrected chi connectivity index (χ4v) is 7.36. The number of nitrogens with two attached hydrogens (primary N) is 1. The van der Waals surface area contributed by atoms with Crippen LogP contribution in [0.2, 0.25) is 0 Å². The summed E-state index contributed by atoms with van der Waals surface area (Å²) in [7, 11) is 1.38. The molecule has 0 amide bonds. The van der Waals surface area contributed by atoms with Gasteiger partial charge in [-0.3, -0.25) is 9.69 Å². The molecule has 2 aromatic rings. The molecule has 0 saturated carbocycles. The van der Waals surface area contributed by atoms with E-state index in [1.54, 1.807) is 11.0 Å². The van der Waals surface area contributed by atoms with E-state index in [-0.39, 0.29) is 24.0 Å². The highest BCUT2D eigenvalue weighted by Gasteiger charge is 2.43. The average molecular weight is 518 g/mol. The average Bonchev–Trinajstić information content (AvgIpc) is 3.45. The smallest absolute Gasteiger partial charge is 0.341 e. The van der Waals surface area contributed by atoms with E-state index in [4.69, 9.17) is 19.9 Å². The molecule has 0 bridgehead atoms. The molecule has 37 heavy (non-hydrogen) atoms. The minimum atomic E-state index is -0.613. The Morgan fingerprint density at radius 3 is 2.76 bits per heavy atom. The lowest BCUT2D eigenvalue weighted by Gasteiger charge is -2.39. The molecular weight excluding hydrogens is 490 g/mol. The lowest BCUT2D eigenvalue weighted by atomic mass is 9.75. The summed E-state index contributed by atoms with van der Waals surface area (Å²) in [6.45, 7) is 0.131. The summed E-state index contributed by atoms with van der Waals surface area (Å²) in [5, 5.41) is 11.0. The van der Waals surface area contributed by atoms with Crippen LogP contribution in [0, 0.1) is 11.3 Å². The largest absolute Gasteiger partial charge is 0.465 e. The lowest BCUT2D eigenvalue weighted by molar-refractivity contribution is -0.116. The molecule has 0 fully saturated rings. The molecule has 1 atom stereocenters. The van der Waals surface area contributed by atoms with Crippen molar-refractivity contribution in [3.8, 4) is 17.6 Å². The number of allylic oxidation sites excluding steroid dienone is 3. The van der Waals surface area contributed by atoms with Crippen LogP contribution in [-0.2, 0) is 22.4 Å². The van der Waals surface area contributed by atoms with Crippen molar-refractivity contribution in [3.05, 3.63) is 62.4 Å². The summed E-state index contributed by atoms with van der Waals surface area (Å²) in [5.74, 6) is 0.424. The molecule has 0 spiro atoms. The number of anilines is 1. The SMILES string of the molecule is COC(=O)c1c(N2C(N)=C(C#N)[C@H](c3ccc4c(c3)OCO4)C3=C2CCCC3=O)sc2c1CCCCC2. The molecule has 9 heteroatoms. The number of carbonyl (C=O) groups excluding carboxylic acids is 2. The van der Waals surface area contributed by atoms with Gasteiger partial charge in [-0.15, -0.1) is 11.3 Å². The number of nitriles is 1. The second-order valence-corrected chi connectivity index (χ2v) is 10.7. The maximum atomic E-state index is 13.5. The van der Waals surface area contributed by atoms with Crippen LogP contribution in [-0.4, -0.2) is 25.7 Å². The van der Waals surface area contributed by atoms with Crippen molar-refractivity contribution < 1.29 is 23.8 Å². The van der Waals surface area contributed by atoms with Gasteiger partial charge in [0.15, 0.2) is 17.3 Å². The minimum absolute atomic E-state index is 0.00750. The Bertz CT molecular complexity index is 1430. The van der Waals surface area contributed by atoms with Gasteiger partial charge in [0, 0.05) is 22.6 Å². The van der Waals surface area contributed by atoms with Crippen molar-refractivity contribution in [3.63, 3.8) is 0 Å². The van der Waals surface area contributed by atoms with E-state index in [1.807, 2.05) is 12.1 Å². The summed E-state index contributed by atoms with van der Waals surface area (Å²) in [5.41, 5.74) is 10.7. The van der Waals surface area contributed by atoms with Crippen LogP contribution in [0.4, 0.5) is 5.00 Å². The molecule has 0 saturated heterocycles. The molecule has 8 nitrogen and oxygen atoms in total. The molecule has 2 N–H and O–H groups in total. The van der Waals surface area contributed by atoms with Gasteiger partial charge in [-0.1, -0.05) is 12.5 Å². The zero-order valence-electron chi connectivity index (χ0n) is 20.6. The van der Waals surface area contributed by atoms with Gasteiger partial charge in [0.05, 0.1) is 30.2 Å². The highest BCUT2D eigenvalue weighted by atomic mass is 32.1. The van der Waals surface area contributed by atoms with Gasteiger partial charge in [-0.25, -0.2) is 4.79 Å². The van der Waals surface area contributed by atoms with Crippen molar-refractivity contribution in [2.45, 2.75) is 57.3 Å². The molecule has 3 heterocycles. The number of hydrogen-bond acceptors (Lipinski definition) is 9. The number of benzene rings is 1. The van der Waals surface area contributed by atoms with Gasteiger partial charge in [0.25, 0.3) is 0 Å². The standard InChI is InChI=1S/C28H27N3O5S/c1-34-28(33)24-16-6-3-2-4-9-22(16)37-27(24)31-18-7-5-8-19(32)25(18)23(17(13-29)26(31)30)15-10-11-20-21(12-15)36-14-35-20/h10-12,23H,2-9,14,30H2,1H3/t23-/m0/s1. The van der Waals surface area contributed by atoms with Crippen molar-refractivity contribution in [1.82, 2.24) is 0 Å². The highest BCUT2D eigenvalue weighted by Crippen LogP contribution is 2.51. The Hall–Kier alpha value is -3.77. The third-order valence-corrected chi connectivity index (χ3v) is 8.92. The first-order chi connectivity index (χ1) is 18.0. The monoisotopic (exact) mass is 517 g/mol. The van der Waals surface area contributed by atoms with E-state index in [2.05, 4.69) is 6.07 Å². The molecule has 0 radical (unpaired) electrons. The van der Waals surface area contributed by atoms with Crippen molar-refractivity contribution in [2.24, 2.45) is 5.73 Å². The van der Waals surface area contributed by atoms with Crippen LogP contribution >= 0.6 is 11.3 Å². The quantitative estimate of drug-likeness (QED) is 0.454. The molecule has 1 aromatic heterocycles. The number of rotatable bonds is 3. The zero-order valence-corrected chi connectivity index (χ0v) is 21.4. The van der Waals surface area contributed by atoms with Crippen molar-refractivity contribution in [1.29, 1.82) is 5.26 Å². The number of ketones is 1. The predicted octanol–water partition coefficient (Wildman–Crippen LogP) is 4.84. The molecule has 2 aliphatic heterocycles. The number of hydrogen-bond donors (Lipinski definition) is 1. The Kier molecular flexibility index (Phi) is 5.92. The normalized spacial score (nSPS) is 20.8. The van der Waals surface area contributed by atoms with Gasteiger partial charge in [0.1, 0.15) is 10.8 Å². The Morgan fingerprint density at radius 1 is 1.14 bits per heavy atom. The number of fused-ring (bicyclic) bond motifs is 2. The van der Waals surface area contributed by atoms with Crippen LogP contribution in [0.15, 0.2) is 40.9 Å². The van der Waals surface area contributed by atoms with E-state index >= 15 is 0 Å². The highest BCUT2D eigenvalue weighted by molar-refractivity contribution is 7.16. The van der Waals surface area contributed by atoms with E-state index in [0.29, 0.717) is 46.9 Å². The first-order valence-corrected chi connectivity index (χ1v) is 13.4. The lowest BCUT2D eigenvalue weighted by Crippen LogP contribution is -2.39. The third kappa shape index (κ3) is 3.70. The predicted molar refractivity (Wildman–Crippen MR) is 137 cm³/mol. The summed E-state index contributed by atoms with van der Waals surface area (Å²) in [4.78, 5) is 29.6. The van der Waals surface area contributed by atoms with Gasteiger partial charge in [-0.05, 0) is 61.8 Å². The number of methoxy groups -OCH3 is 1. The number of Topliss-reactive ketones (excluding diaryl/α,β-unsaturated/α-hetero) is 1. The summed E-state index contributed by atoms with van der Waals surface area (Å²) in [6.07, 6.45) is 6.54. The van der Waals surface area contributed by atoms with Crippen molar-refractivity contribution in [2.75, 3.05) is 18.8 Å². The Labute approximate surface area is 218 Å².